The number of benzene rings is 1. The summed E-state index contributed by atoms with van der Waals surface area (Å²) in [5.74, 6) is -2.22. The van der Waals surface area contributed by atoms with Crippen molar-refractivity contribution in [2.45, 2.75) is 19.8 Å². The maximum Gasteiger partial charge on any atom is 0.262 e. The smallest absolute Gasteiger partial charge is 0.262 e. The van der Waals surface area contributed by atoms with Crippen LogP contribution in [-0.2, 0) is 11.8 Å². The van der Waals surface area contributed by atoms with Gasteiger partial charge in [0.2, 0.25) is 0 Å². The van der Waals surface area contributed by atoms with E-state index in [1.807, 2.05) is 44.3 Å². The summed E-state index contributed by atoms with van der Waals surface area (Å²) in [5.41, 5.74) is 4.13. The fraction of sp³-hybridized carbons (Fsp3) is 0.174. The number of allylic oxidation sites excluding steroid dienone is 2. The molecule has 7 heteroatoms. The molecular weight excluding hydrogens is 386 g/mol. The Balaban J connectivity index is 1.55. The molecule has 2 heterocycles. The van der Waals surface area contributed by atoms with Crippen LogP contribution in [0.2, 0.25) is 0 Å². The average Bonchev–Trinajstić information content (AvgIpc) is 3.10. The summed E-state index contributed by atoms with van der Waals surface area (Å²) in [4.78, 5) is 16.5. The van der Waals surface area contributed by atoms with E-state index in [9.17, 15) is 13.6 Å². The molecule has 0 fully saturated rings. The van der Waals surface area contributed by atoms with Crippen LogP contribution in [-0.4, -0.2) is 20.7 Å². The molecule has 0 saturated heterocycles. The van der Waals surface area contributed by atoms with E-state index in [1.54, 1.807) is 23.0 Å². The van der Waals surface area contributed by atoms with Crippen molar-refractivity contribution < 1.29 is 13.6 Å². The first kappa shape index (κ1) is 19.7. The number of carbonyl (C=O) groups is 1. The topological polar surface area (TPSA) is 59.8 Å². The Labute approximate surface area is 172 Å². The van der Waals surface area contributed by atoms with E-state index in [4.69, 9.17) is 0 Å². The van der Waals surface area contributed by atoms with E-state index in [2.05, 4.69) is 15.4 Å². The first-order valence-electron chi connectivity index (χ1n) is 9.56. The highest BCUT2D eigenvalue weighted by Crippen LogP contribution is 2.29. The second kappa shape index (κ2) is 8.02. The van der Waals surface area contributed by atoms with Crippen LogP contribution >= 0.6 is 0 Å². The second-order valence-electron chi connectivity index (χ2n) is 7.11. The summed E-state index contributed by atoms with van der Waals surface area (Å²) in [5, 5.41) is 7.04. The van der Waals surface area contributed by atoms with Crippen LogP contribution in [0.4, 0.5) is 14.6 Å². The number of amides is 1. The molecule has 152 valence electrons. The second-order valence-corrected chi connectivity index (χ2v) is 7.11. The molecule has 1 amide bonds. The van der Waals surface area contributed by atoms with Gasteiger partial charge >= 0.3 is 0 Å². The van der Waals surface area contributed by atoms with Crippen LogP contribution in [0.5, 0.6) is 0 Å². The first-order chi connectivity index (χ1) is 14.4. The molecule has 0 unspecified atom stereocenters. The van der Waals surface area contributed by atoms with Crippen LogP contribution in [0.1, 0.15) is 18.4 Å². The molecule has 0 bridgehead atoms. The maximum atomic E-state index is 13.9. The lowest BCUT2D eigenvalue weighted by Crippen LogP contribution is -2.18. The Morgan fingerprint density at radius 1 is 1.17 bits per heavy atom. The SMILES string of the molecule is Cc1ccccc1-c1cc(-c2ccc(NC(=O)C3=C(F)CCC=C3F)nc2)n(C)n1. The van der Waals surface area contributed by atoms with Gasteiger partial charge < -0.3 is 5.32 Å². The molecule has 0 atom stereocenters. The van der Waals surface area contributed by atoms with E-state index in [1.165, 1.54) is 6.08 Å². The van der Waals surface area contributed by atoms with Crippen molar-refractivity contribution in [3.8, 4) is 22.5 Å². The summed E-state index contributed by atoms with van der Waals surface area (Å²) in [7, 11) is 1.85. The summed E-state index contributed by atoms with van der Waals surface area (Å²) >= 11 is 0. The van der Waals surface area contributed by atoms with Gasteiger partial charge in [-0.15, -0.1) is 0 Å². The molecule has 5 nitrogen and oxygen atoms in total. The number of rotatable bonds is 4. The van der Waals surface area contributed by atoms with Crippen LogP contribution in [0.25, 0.3) is 22.5 Å². The van der Waals surface area contributed by atoms with Gasteiger partial charge in [0.25, 0.3) is 5.91 Å². The molecule has 0 aliphatic heterocycles. The van der Waals surface area contributed by atoms with Gasteiger partial charge in [-0.05, 0) is 43.2 Å². The monoisotopic (exact) mass is 406 g/mol. The number of aryl methyl sites for hydroxylation is 2. The van der Waals surface area contributed by atoms with Crippen LogP contribution < -0.4 is 5.32 Å². The quantitative estimate of drug-likeness (QED) is 0.642. The Kier molecular flexibility index (Phi) is 5.27. The zero-order valence-electron chi connectivity index (χ0n) is 16.6. The van der Waals surface area contributed by atoms with Crippen molar-refractivity contribution in [1.29, 1.82) is 0 Å². The van der Waals surface area contributed by atoms with Crippen molar-refractivity contribution in [3.63, 3.8) is 0 Å². The van der Waals surface area contributed by atoms with Crippen molar-refractivity contribution in [2.75, 3.05) is 5.32 Å². The Morgan fingerprint density at radius 3 is 2.67 bits per heavy atom. The summed E-state index contributed by atoms with van der Waals surface area (Å²) < 4.78 is 29.4. The van der Waals surface area contributed by atoms with Gasteiger partial charge in [0.15, 0.2) is 0 Å². The summed E-state index contributed by atoms with van der Waals surface area (Å²) in [6.45, 7) is 2.03. The fourth-order valence-corrected chi connectivity index (χ4v) is 3.44. The standard InChI is InChI=1S/C23H20F2N4O/c1-14-6-3-4-7-16(14)19-12-20(29(2)28-19)15-10-11-21(26-13-15)27-23(30)22-17(24)8-5-9-18(22)25/h3-4,6-8,10-13H,5,9H2,1-2H3,(H,26,27,30). The molecule has 2 aromatic heterocycles. The maximum absolute atomic E-state index is 13.9. The number of anilines is 1. The largest absolute Gasteiger partial charge is 0.306 e. The predicted octanol–water partition coefficient (Wildman–Crippen LogP) is 5.27. The Bertz CT molecular complexity index is 1180. The van der Waals surface area contributed by atoms with Crippen LogP contribution in [0.15, 0.2) is 72.0 Å². The molecule has 0 saturated carbocycles. The third-order valence-electron chi connectivity index (χ3n) is 5.03. The van der Waals surface area contributed by atoms with Gasteiger partial charge in [-0.25, -0.2) is 13.8 Å². The highest BCUT2D eigenvalue weighted by atomic mass is 19.1. The number of pyridine rings is 1. The van der Waals surface area contributed by atoms with Gasteiger partial charge in [-0.3, -0.25) is 9.48 Å². The van der Waals surface area contributed by atoms with E-state index in [-0.39, 0.29) is 18.7 Å². The summed E-state index contributed by atoms with van der Waals surface area (Å²) in [6, 6.07) is 13.3. The molecule has 0 radical (unpaired) electrons. The number of hydrogen-bond donors (Lipinski definition) is 1. The Hall–Kier alpha value is -3.61. The predicted molar refractivity (Wildman–Crippen MR) is 112 cm³/mol. The number of carbonyl (C=O) groups excluding carboxylic acids is 1. The molecule has 30 heavy (non-hydrogen) atoms. The molecule has 3 aromatic rings. The Morgan fingerprint density at radius 2 is 1.97 bits per heavy atom. The minimum Gasteiger partial charge on any atom is -0.306 e. The van der Waals surface area contributed by atoms with Crippen molar-refractivity contribution in [1.82, 2.24) is 14.8 Å². The van der Waals surface area contributed by atoms with Crippen LogP contribution in [0, 0.1) is 6.92 Å². The fourth-order valence-electron chi connectivity index (χ4n) is 3.44. The van der Waals surface area contributed by atoms with E-state index in [0.717, 1.165) is 28.1 Å². The number of nitrogens with one attached hydrogen (secondary N) is 1. The van der Waals surface area contributed by atoms with E-state index < -0.39 is 23.1 Å². The van der Waals surface area contributed by atoms with Crippen LogP contribution in [0.3, 0.4) is 0 Å². The third kappa shape index (κ3) is 3.78. The number of aromatic nitrogens is 3. The van der Waals surface area contributed by atoms with Crippen molar-refractivity contribution in [2.24, 2.45) is 7.05 Å². The number of nitrogens with zero attached hydrogens (tertiary/aromatic N) is 3. The number of hydrogen-bond acceptors (Lipinski definition) is 3. The van der Waals surface area contributed by atoms with Crippen molar-refractivity contribution >= 4 is 11.7 Å². The minimum absolute atomic E-state index is 0.0201. The van der Waals surface area contributed by atoms with Gasteiger partial charge in [0.1, 0.15) is 23.0 Å². The third-order valence-corrected chi connectivity index (χ3v) is 5.03. The molecular formula is C23H20F2N4O. The molecule has 4 rings (SSSR count). The van der Waals surface area contributed by atoms with E-state index in [0.29, 0.717) is 0 Å². The normalized spacial score (nSPS) is 13.9. The lowest BCUT2D eigenvalue weighted by Gasteiger charge is -2.12. The first-order valence-corrected chi connectivity index (χ1v) is 9.56. The molecule has 1 N–H and O–H groups in total. The lowest BCUT2D eigenvalue weighted by atomic mass is 10.0. The molecule has 1 aliphatic rings. The van der Waals surface area contributed by atoms with Gasteiger partial charge in [0, 0.05) is 30.8 Å². The van der Waals surface area contributed by atoms with Gasteiger partial charge in [-0.1, -0.05) is 24.3 Å². The molecule has 0 spiro atoms. The zero-order chi connectivity index (χ0) is 21.3. The number of halogens is 2. The van der Waals surface area contributed by atoms with Gasteiger partial charge in [0.05, 0.1) is 11.4 Å². The zero-order valence-corrected chi connectivity index (χ0v) is 16.6. The highest BCUT2D eigenvalue weighted by molar-refractivity contribution is 6.06. The lowest BCUT2D eigenvalue weighted by molar-refractivity contribution is -0.112. The molecule has 1 aliphatic carbocycles. The average molecular weight is 406 g/mol. The van der Waals surface area contributed by atoms with Gasteiger partial charge in [-0.2, -0.15) is 5.10 Å². The highest BCUT2D eigenvalue weighted by Gasteiger charge is 2.23. The van der Waals surface area contributed by atoms with Crippen molar-refractivity contribution in [3.05, 3.63) is 77.5 Å². The summed E-state index contributed by atoms with van der Waals surface area (Å²) in [6.07, 6.45) is 3.07. The minimum atomic E-state index is -0.844. The molecule has 1 aromatic carbocycles. The van der Waals surface area contributed by atoms with E-state index >= 15 is 0 Å².